The average molecular weight is 346 g/mol. The van der Waals surface area contributed by atoms with Crippen LogP contribution < -0.4 is 4.74 Å². The average Bonchev–Trinajstić information content (AvgIpc) is 2.54. The molecule has 0 aromatic heterocycles. The summed E-state index contributed by atoms with van der Waals surface area (Å²) >= 11 is 0. The van der Waals surface area contributed by atoms with Gasteiger partial charge in [0.05, 0.1) is 17.1 Å². The first kappa shape index (κ1) is 17.9. The zero-order valence-corrected chi connectivity index (χ0v) is 14.3. The summed E-state index contributed by atoms with van der Waals surface area (Å²) < 4.78 is 29.4. The lowest BCUT2D eigenvalue weighted by molar-refractivity contribution is -0.133. The second kappa shape index (κ2) is 7.40. The number of hydrogen-bond acceptors (Lipinski definition) is 5. The zero-order chi connectivity index (χ0) is 17.7. The molecule has 0 radical (unpaired) electrons. The number of aryl methyl sites for hydroxylation is 1. The third-order valence-corrected chi connectivity index (χ3v) is 5.18. The summed E-state index contributed by atoms with van der Waals surface area (Å²) in [6.07, 6.45) is -0.245. The van der Waals surface area contributed by atoms with Gasteiger partial charge in [0.25, 0.3) is 0 Å². The van der Waals surface area contributed by atoms with Gasteiger partial charge in [0.2, 0.25) is 0 Å². The third kappa shape index (κ3) is 4.76. The van der Waals surface area contributed by atoms with Gasteiger partial charge in [-0.05, 0) is 50.2 Å². The van der Waals surface area contributed by atoms with Gasteiger partial charge < -0.3 is 4.74 Å². The van der Waals surface area contributed by atoms with Crippen molar-refractivity contribution in [3.63, 3.8) is 0 Å². The van der Waals surface area contributed by atoms with E-state index in [-0.39, 0.29) is 28.6 Å². The van der Waals surface area contributed by atoms with Crippen molar-refractivity contribution in [1.82, 2.24) is 0 Å². The fourth-order valence-corrected chi connectivity index (χ4v) is 3.24. The summed E-state index contributed by atoms with van der Waals surface area (Å²) in [4.78, 5) is 23.2. The SMILES string of the molecule is CC(=O)c1ccc(OC(=O)CCS(=O)(=O)c2ccc(C)cc2)cc1. The Labute approximate surface area is 141 Å². The number of Topliss-reactive ketones (excluding diaryl/α,β-unsaturated/α-hetero) is 1. The summed E-state index contributed by atoms with van der Waals surface area (Å²) in [5, 5.41) is 0. The van der Waals surface area contributed by atoms with Crippen molar-refractivity contribution in [3.8, 4) is 5.75 Å². The molecule has 0 N–H and O–H groups in total. The molecule has 2 rings (SSSR count). The van der Waals surface area contributed by atoms with Crippen molar-refractivity contribution in [3.05, 3.63) is 59.7 Å². The molecule has 0 unspecified atom stereocenters. The molecule has 24 heavy (non-hydrogen) atoms. The van der Waals surface area contributed by atoms with Crippen LogP contribution in [0.5, 0.6) is 5.75 Å². The van der Waals surface area contributed by atoms with E-state index in [9.17, 15) is 18.0 Å². The molecule has 0 heterocycles. The molecular formula is C18H18O5S. The summed E-state index contributed by atoms with van der Waals surface area (Å²) in [6, 6.07) is 12.6. The van der Waals surface area contributed by atoms with E-state index in [1.807, 2.05) is 6.92 Å². The standard InChI is InChI=1S/C18H18O5S/c1-13-3-9-17(10-4-13)24(21,22)12-11-18(20)23-16-7-5-15(6-8-16)14(2)19/h3-10H,11-12H2,1-2H3. The quantitative estimate of drug-likeness (QED) is 0.456. The lowest BCUT2D eigenvalue weighted by Gasteiger charge is -2.06. The highest BCUT2D eigenvalue weighted by Crippen LogP contribution is 2.16. The fourth-order valence-electron chi connectivity index (χ4n) is 2.02. The molecule has 0 aliphatic heterocycles. The Bertz CT molecular complexity index is 834. The van der Waals surface area contributed by atoms with Crippen LogP contribution in [0, 0.1) is 6.92 Å². The van der Waals surface area contributed by atoms with Crippen LogP contribution in [-0.4, -0.2) is 25.9 Å². The topological polar surface area (TPSA) is 77.5 Å². The van der Waals surface area contributed by atoms with Crippen LogP contribution in [0.15, 0.2) is 53.4 Å². The molecule has 0 amide bonds. The summed E-state index contributed by atoms with van der Waals surface area (Å²) in [5.74, 6) is -0.767. The Hall–Kier alpha value is -2.47. The van der Waals surface area contributed by atoms with Gasteiger partial charge in [-0.25, -0.2) is 8.42 Å². The first-order valence-corrected chi connectivity index (χ1v) is 9.04. The smallest absolute Gasteiger partial charge is 0.312 e. The van der Waals surface area contributed by atoms with Crippen LogP contribution in [0.1, 0.15) is 29.3 Å². The van der Waals surface area contributed by atoms with E-state index in [0.717, 1.165) is 5.56 Å². The number of sulfone groups is 1. The lowest BCUT2D eigenvalue weighted by Crippen LogP contribution is -2.15. The Morgan fingerprint density at radius 3 is 2.08 bits per heavy atom. The first-order valence-electron chi connectivity index (χ1n) is 7.39. The van der Waals surface area contributed by atoms with Crippen LogP contribution in [0.2, 0.25) is 0 Å². The predicted molar refractivity (Wildman–Crippen MR) is 89.9 cm³/mol. The number of ether oxygens (including phenoxy) is 1. The van der Waals surface area contributed by atoms with E-state index in [1.54, 1.807) is 24.3 Å². The van der Waals surface area contributed by atoms with Crippen molar-refractivity contribution >= 4 is 21.6 Å². The Balaban J connectivity index is 1.95. The Kier molecular flexibility index (Phi) is 5.51. The van der Waals surface area contributed by atoms with Crippen LogP contribution >= 0.6 is 0 Å². The first-order chi connectivity index (χ1) is 11.3. The Morgan fingerprint density at radius 1 is 0.958 bits per heavy atom. The van der Waals surface area contributed by atoms with Crippen molar-refractivity contribution < 1.29 is 22.7 Å². The van der Waals surface area contributed by atoms with Gasteiger partial charge in [0.1, 0.15) is 5.75 Å². The van der Waals surface area contributed by atoms with Crippen LogP contribution in [-0.2, 0) is 14.6 Å². The normalized spacial score (nSPS) is 11.1. The van der Waals surface area contributed by atoms with Gasteiger partial charge in [-0.15, -0.1) is 0 Å². The molecule has 0 saturated heterocycles. The molecule has 6 heteroatoms. The minimum Gasteiger partial charge on any atom is -0.427 e. The molecule has 0 spiro atoms. The monoisotopic (exact) mass is 346 g/mol. The highest BCUT2D eigenvalue weighted by molar-refractivity contribution is 7.91. The number of carbonyl (C=O) groups excluding carboxylic acids is 2. The number of ketones is 1. The molecule has 0 bridgehead atoms. The van der Waals surface area contributed by atoms with E-state index in [1.165, 1.54) is 31.2 Å². The minimum absolute atomic E-state index is 0.0860. The van der Waals surface area contributed by atoms with Crippen molar-refractivity contribution in [2.24, 2.45) is 0 Å². The van der Waals surface area contributed by atoms with Crippen LogP contribution in [0.25, 0.3) is 0 Å². The molecule has 2 aromatic rings. The maximum absolute atomic E-state index is 12.2. The van der Waals surface area contributed by atoms with E-state index in [0.29, 0.717) is 5.56 Å². The Morgan fingerprint density at radius 2 is 1.54 bits per heavy atom. The molecule has 5 nitrogen and oxygen atoms in total. The maximum atomic E-state index is 12.2. The molecule has 126 valence electrons. The number of hydrogen-bond donors (Lipinski definition) is 0. The fraction of sp³-hybridized carbons (Fsp3) is 0.222. The lowest BCUT2D eigenvalue weighted by atomic mass is 10.1. The largest absolute Gasteiger partial charge is 0.427 e. The highest BCUT2D eigenvalue weighted by Gasteiger charge is 2.17. The molecule has 0 saturated carbocycles. The van der Waals surface area contributed by atoms with E-state index in [2.05, 4.69) is 0 Å². The van der Waals surface area contributed by atoms with Gasteiger partial charge in [0.15, 0.2) is 15.6 Å². The number of benzene rings is 2. The summed E-state index contributed by atoms with van der Waals surface area (Å²) in [6.45, 7) is 3.31. The number of rotatable bonds is 6. The molecular weight excluding hydrogens is 328 g/mol. The van der Waals surface area contributed by atoms with Crippen LogP contribution in [0.3, 0.4) is 0 Å². The van der Waals surface area contributed by atoms with Crippen molar-refractivity contribution in [2.75, 3.05) is 5.75 Å². The highest BCUT2D eigenvalue weighted by atomic mass is 32.2. The van der Waals surface area contributed by atoms with E-state index in [4.69, 9.17) is 4.74 Å². The summed E-state index contributed by atoms with van der Waals surface area (Å²) in [5.41, 5.74) is 1.47. The minimum atomic E-state index is -3.53. The second-order valence-electron chi connectivity index (χ2n) is 5.44. The van der Waals surface area contributed by atoms with Crippen molar-refractivity contribution in [1.29, 1.82) is 0 Å². The molecule has 0 atom stereocenters. The van der Waals surface area contributed by atoms with Gasteiger partial charge in [-0.1, -0.05) is 17.7 Å². The van der Waals surface area contributed by atoms with Gasteiger partial charge >= 0.3 is 5.97 Å². The third-order valence-electron chi connectivity index (χ3n) is 3.45. The molecule has 0 fully saturated rings. The van der Waals surface area contributed by atoms with Crippen LogP contribution in [0.4, 0.5) is 0 Å². The number of carbonyl (C=O) groups is 2. The van der Waals surface area contributed by atoms with Crippen molar-refractivity contribution in [2.45, 2.75) is 25.2 Å². The molecule has 0 aliphatic rings. The van der Waals surface area contributed by atoms with Gasteiger partial charge in [-0.3, -0.25) is 9.59 Å². The van der Waals surface area contributed by atoms with E-state index < -0.39 is 15.8 Å². The zero-order valence-electron chi connectivity index (χ0n) is 13.5. The predicted octanol–water partition coefficient (Wildman–Crippen LogP) is 2.97. The molecule has 0 aliphatic carbocycles. The van der Waals surface area contributed by atoms with E-state index >= 15 is 0 Å². The number of esters is 1. The van der Waals surface area contributed by atoms with Gasteiger partial charge in [0, 0.05) is 5.56 Å². The molecule has 2 aromatic carbocycles. The maximum Gasteiger partial charge on any atom is 0.312 e. The van der Waals surface area contributed by atoms with Gasteiger partial charge in [-0.2, -0.15) is 0 Å². The second-order valence-corrected chi connectivity index (χ2v) is 7.55. The summed E-state index contributed by atoms with van der Waals surface area (Å²) in [7, 11) is -3.53.